The minimum absolute atomic E-state index is 0.201. The summed E-state index contributed by atoms with van der Waals surface area (Å²) < 4.78 is 6.32. The Bertz CT molecular complexity index is 1190. The highest BCUT2D eigenvalue weighted by Gasteiger charge is 2.13. The van der Waals surface area contributed by atoms with Crippen molar-refractivity contribution in [2.75, 3.05) is 19.0 Å². The highest BCUT2D eigenvalue weighted by molar-refractivity contribution is 6.38. The highest BCUT2D eigenvalue weighted by Crippen LogP contribution is 2.25. The van der Waals surface area contributed by atoms with Gasteiger partial charge in [0.25, 0.3) is 5.56 Å². The summed E-state index contributed by atoms with van der Waals surface area (Å²) >= 11 is 12.0. The Morgan fingerprint density at radius 1 is 1.17 bits per heavy atom. The molecular formula is C20H18Cl2N4O4. The Balaban J connectivity index is 1.65. The zero-order valence-corrected chi connectivity index (χ0v) is 17.7. The van der Waals surface area contributed by atoms with Crippen LogP contribution in [0, 0.1) is 6.92 Å². The molecule has 0 radical (unpaired) electrons. The van der Waals surface area contributed by atoms with Crippen LogP contribution in [0.15, 0.2) is 41.5 Å². The molecular weight excluding hydrogens is 431 g/mol. The van der Waals surface area contributed by atoms with Gasteiger partial charge in [0.15, 0.2) is 0 Å². The molecule has 8 nitrogen and oxygen atoms in total. The van der Waals surface area contributed by atoms with Crippen molar-refractivity contribution in [3.05, 3.63) is 62.6 Å². The molecule has 0 spiro atoms. The molecule has 156 valence electrons. The van der Waals surface area contributed by atoms with Gasteiger partial charge < -0.3 is 15.4 Å². The maximum absolute atomic E-state index is 12.6. The normalized spacial score (nSPS) is 10.7. The van der Waals surface area contributed by atoms with Gasteiger partial charge in [0.05, 0.1) is 41.6 Å². The van der Waals surface area contributed by atoms with Crippen LogP contribution in [0.25, 0.3) is 10.9 Å². The predicted molar refractivity (Wildman–Crippen MR) is 115 cm³/mol. The number of nitrogens with zero attached hydrogens (tertiary/aromatic N) is 2. The fourth-order valence-corrected chi connectivity index (χ4v) is 3.35. The molecule has 0 aliphatic carbocycles. The van der Waals surface area contributed by atoms with Gasteiger partial charge in [-0.3, -0.25) is 19.0 Å². The number of rotatable bonds is 6. The van der Waals surface area contributed by atoms with E-state index in [1.54, 1.807) is 12.1 Å². The molecule has 2 amide bonds. The number of ether oxygens (including phenoxy) is 1. The van der Waals surface area contributed by atoms with E-state index in [-0.39, 0.29) is 28.5 Å². The number of carbonyl (C=O) groups excluding carboxylic acids is 2. The number of methoxy groups -OCH3 is 1. The largest absolute Gasteiger partial charge is 0.495 e. The lowest BCUT2D eigenvalue weighted by Gasteiger charge is -2.12. The average molecular weight is 449 g/mol. The van der Waals surface area contributed by atoms with Crippen molar-refractivity contribution in [1.82, 2.24) is 14.9 Å². The number of nitrogens with one attached hydrogen (secondary N) is 2. The lowest BCUT2D eigenvalue weighted by atomic mass is 10.2. The van der Waals surface area contributed by atoms with E-state index in [0.717, 1.165) is 10.1 Å². The topological polar surface area (TPSA) is 102 Å². The molecule has 2 N–H and O–H groups in total. The van der Waals surface area contributed by atoms with Crippen LogP contribution in [0.1, 0.15) is 5.56 Å². The van der Waals surface area contributed by atoms with Gasteiger partial charge in [-0.2, -0.15) is 0 Å². The van der Waals surface area contributed by atoms with Crippen LogP contribution in [-0.4, -0.2) is 35.0 Å². The molecule has 2 aromatic carbocycles. The number of benzene rings is 2. The number of aryl methyl sites for hydroxylation is 1. The summed E-state index contributed by atoms with van der Waals surface area (Å²) in [6, 6.07) is 8.27. The van der Waals surface area contributed by atoms with Crippen molar-refractivity contribution >= 4 is 51.6 Å². The number of amides is 2. The number of halogens is 2. The Labute approximate surface area is 181 Å². The summed E-state index contributed by atoms with van der Waals surface area (Å²) in [6.45, 7) is 1.29. The highest BCUT2D eigenvalue weighted by atomic mass is 35.5. The van der Waals surface area contributed by atoms with Crippen molar-refractivity contribution in [2.45, 2.75) is 13.5 Å². The van der Waals surface area contributed by atoms with Crippen LogP contribution in [0.3, 0.4) is 0 Å². The zero-order chi connectivity index (χ0) is 21.8. The number of anilines is 1. The molecule has 0 saturated carbocycles. The molecule has 0 fully saturated rings. The molecule has 0 unspecified atom stereocenters. The Hall–Kier alpha value is -3.10. The van der Waals surface area contributed by atoms with E-state index < -0.39 is 17.4 Å². The average Bonchev–Trinajstić information content (AvgIpc) is 2.69. The van der Waals surface area contributed by atoms with Gasteiger partial charge in [0.2, 0.25) is 11.8 Å². The van der Waals surface area contributed by atoms with Gasteiger partial charge in [0.1, 0.15) is 12.3 Å². The maximum Gasteiger partial charge on any atom is 0.261 e. The van der Waals surface area contributed by atoms with E-state index in [2.05, 4.69) is 15.6 Å². The minimum atomic E-state index is -0.530. The summed E-state index contributed by atoms with van der Waals surface area (Å²) in [5, 5.41) is 5.89. The molecule has 30 heavy (non-hydrogen) atoms. The van der Waals surface area contributed by atoms with Crippen LogP contribution in [0.2, 0.25) is 10.0 Å². The number of hydrogen-bond donors (Lipinski definition) is 2. The number of fused-ring (bicyclic) bond motifs is 1. The van der Waals surface area contributed by atoms with Crippen LogP contribution in [0.4, 0.5) is 5.69 Å². The Kier molecular flexibility index (Phi) is 6.59. The van der Waals surface area contributed by atoms with Crippen molar-refractivity contribution < 1.29 is 14.3 Å². The first-order valence-electron chi connectivity index (χ1n) is 8.84. The number of carbonyl (C=O) groups is 2. The van der Waals surface area contributed by atoms with Gasteiger partial charge in [-0.05, 0) is 36.8 Å². The van der Waals surface area contributed by atoms with Crippen molar-refractivity contribution in [1.29, 1.82) is 0 Å². The van der Waals surface area contributed by atoms with Gasteiger partial charge in [-0.1, -0.05) is 29.3 Å². The van der Waals surface area contributed by atoms with E-state index in [1.807, 2.05) is 13.0 Å². The third-order valence-electron chi connectivity index (χ3n) is 4.23. The summed E-state index contributed by atoms with van der Waals surface area (Å²) in [6.07, 6.45) is 1.22. The van der Waals surface area contributed by atoms with Crippen LogP contribution in [-0.2, 0) is 16.1 Å². The first-order chi connectivity index (χ1) is 14.3. The van der Waals surface area contributed by atoms with E-state index in [1.165, 1.54) is 25.6 Å². The lowest BCUT2D eigenvalue weighted by molar-refractivity contribution is -0.124. The first-order valence-corrected chi connectivity index (χ1v) is 9.59. The molecule has 0 bridgehead atoms. The molecule has 0 aliphatic heterocycles. The standard InChI is InChI=1S/C20H18Cl2N4O4/c1-11-3-4-16(30-2)15(5-11)25-17(27)8-23-18(28)9-26-10-24-19-13(20(26)29)6-12(21)7-14(19)22/h3-7,10H,8-9H2,1-2H3,(H,23,28)(H,25,27). The third kappa shape index (κ3) is 4.90. The Morgan fingerprint density at radius 2 is 1.93 bits per heavy atom. The van der Waals surface area contributed by atoms with Gasteiger partial charge in [-0.25, -0.2) is 4.98 Å². The molecule has 1 heterocycles. The van der Waals surface area contributed by atoms with E-state index in [4.69, 9.17) is 27.9 Å². The monoisotopic (exact) mass is 448 g/mol. The molecule has 0 atom stereocenters. The smallest absolute Gasteiger partial charge is 0.261 e. The molecule has 3 rings (SSSR count). The molecule has 0 saturated heterocycles. The second-order valence-electron chi connectivity index (χ2n) is 6.49. The fourth-order valence-electron chi connectivity index (χ4n) is 2.81. The van der Waals surface area contributed by atoms with Gasteiger partial charge >= 0.3 is 0 Å². The summed E-state index contributed by atoms with van der Waals surface area (Å²) in [4.78, 5) is 41.1. The zero-order valence-electron chi connectivity index (χ0n) is 16.2. The van der Waals surface area contributed by atoms with E-state index in [9.17, 15) is 14.4 Å². The molecule has 1 aromatic heterocycles. The Morgan fingerprint density at radius 3 is 2.67 bits per heavy atom. The first kappa shape index (κ1) is 21.6. The summed E-state index contributed by atoms with van der Waals surface area (Å²) in [5.41, 5.74) is 1.28. The third-order valence-corrected chi connectivity index (χ3v) is 4.74. The van der Waals surface area contributed by atoms with Crippen LogP contribution in [0.5, 0.6) is 5.75 Å². The second-order valence-corrected chi connectivity index (χ2v) is 7.33. The number of aromatic nitrogens is 2. The van der Waals surface area contributed by atoms with Crippen LogP contribution < -0.4 is 20.9 Å². The fraction of sp³-hybridized carbons (Fsp3) is 0.200. The second kappa shape index (κ2) is 9.15. The quantitative estimate of drug-likeness (QED) is 0.603. The van der Waals surface area contributed by atoms with E-state index >= 15 is 0 Å². The van der Waals surface area contributed by atoms with Gasteiger partial charge in [-0.15, -0.1) is 0 Å². The van der Waals surface area contributed by atoms with Crippen molar-refractivity contribution in [2.24, 2.45) is 0 Å². The van der Waals surface area contributed by atoms with Crippen LogP contribution >= 0.6 is 23.2 Å². The summed E-state index contributed by atoms with van der Waals surface area (Å²) in [7, 11) is 1.50. The predicted octanol–water partition coefficient (Wildman–Crippen LogP) is 2.78. The molecule has 10 heteroatoms. The number of hydrogen-bond acceptors (Lipinski definition) is 5. The molecule has 3 aromatic rings. The summed E-state index contributed by atoms with van der Waals surface area (Å²) in [5.74, 6) is -0.459. The minimum Gasteiger partial charge on any atom is -0.495 e. The van der Waals surface area contributed by atoms with Crippen molar-refractivity contribution in [3.8, 4) is 5.75 Å². The van der Waals surface area contributed by atoms with Crippen molar-refractivity contribution in [3.63, 3.8) is 0 Å². The van der Waals surface area contributed by atoms with E-state index in [0.29, 0.717) is 17.0 Å². The van der Waals surface area contributed by atoms with Gasteiger partial charge in [0, 0.05) is 5.02 Å². The molecule has 0 aliphatic rings. The maximum atomic E-state index is 12.6. The lowest BCUT2D eigenvalue weighted by Crippen LogP contribution is -2.37. The SMILES string of the molecule is COc1ccc(C)cc1NC(=O)CNC(=O)Cn1cnc2c(Cl)cc(Cl)cc2c1=O.